The van der Waals surface area contributed by atoms with Crippen molar-refractivity contribution in [2.75, 3.05) is 6.54 Å². The average molecular weight is 248 g/mol. The van der Waals surface area contributed by atoms with Crippen molar-refractivity contribution < 1.29 is 4.79 Å². The molecule has 0 saturated carbocycles. The number of primary amides is 1. The van der Waals surface area contributed by atoms with Gasteiger partial charge in [-0.3, -0.25) is 4.79 Å². The van der Waals surface area contributed by atoms with Crippen LogP contribution < -0.4 is 11.5 Å². The zero-order chi connectivity index (χ0) is 13.4. The fourth-order valence-corrected chi connectivity index (χ4v) is 2.12. The van der Waals surface area contributed by atoms with Crippen molar-refractivity contribution in [3.8, 4) is 0 Å². The van der Waals surface area contributed by atoms with Gasteiger partial charge in [0, 0.05) is 0 Å². The highest BCUT2D eigenvalue weighted by molar-refractivity contribution is 5.81. The van der Waals surface area contributed by atoms with Crippen LogP contribution in [0.25, 0.3) is 0 Å². The van der Waals surface area contributed by atoms with E-state index in [2.05, 4.69) is 0 Å². The average Bonchev–Trinajstić information content (AvgIpc) is 2.35. The Kier molecular flexibility index (Phi) is 6.44. The molecule has 0 aliphatic heterocycles. The van der Waals surface area contributed by atoms with Gasteiger partial charge in [-0.05, 0) is 31.9 Å². The van der Waals surface area contributed by atoms with Crippen LogP contribution >= 0.6 is 0 Å². The Bertz CT molecular complexity index is 359. The maximum Gasteiger partial charge on any atom is 0.224 e. The van der Waals surface area contributed by atoms with Gasteiger partial charge in [0.25, 0.3) is 0 Å². The van der Waals surface area contributed by atoms with Crippen molar-refractivity contribution in [3.05, 3.63) is 35.4 Å². The number of nitrogens with two attached hydrogens (primary N) is 2. The first kappa shape index (κ1) is 14.7. The van der Waals surface area contributed by atoms with Gasteiger partial charge in [0.2, 0.25) is 5.91 Å². The minimum absolute atomic E-state index is 0.150. The van der Waals surface area contributed by atoms with E-state index in [4.69, 9.17) is 11.5 Å². The molecule has 0 aromatic heterocycles. The lowest BCUT2D eigenvalue weighted by Crippen LogP contribution is -2.21. The van der Waals surface area contributed by atoms with Gasteiger partial charge in [0.1, 0.15) is 0 Å². The van der Waals surface area contributed by atoms with E-state index in [-0.39, 0.29) is 11.8 Å². The summed E-state index contributed by atoms with van der Waals surface area (Å²) in [5.74, 6) is -0.374. The van der Waals surface area contributed by atoms with Gasteiger partial charge in [-0.15, -0.1) is 0 Å². The molecule has 0 heterocycles. The second-order valence-electron chi connectivity index (χ2n) is 4.86. The van der Waals surface area contributed by atoms with Gasteiger partial charge >= 0.3 is 0 Å². The molecule has 0 aliphatic carbocycles. The van der Waals surface area contributed by atoms with Crippen LogP contribution in [0.5, 0.6) is 0 Å². The van der Waals surface area contributed by atoms with E-state index in [0.29, 0.717) is 0 Å². The largest absolute Gasteiger partial charge is 0.369 e. The van der Waals surface area contributed by atoms with Crippen LogP contribution in [-0.2, 0) is 4.79 Å². The number of rotatable bonds is 8. The smallest absolute Gasteiger partial charge is 0.224 e. The number of hydrogen-bond acceptors (Lipinski definition) is 2. The van der Waals surface area contributed by atoms with Gasteiger partial charge in [0.15, 0.2) is 0 Å². The molecule has 4 N–H and O–H groups in total. The van der Waals surface area contributed by atoms with Crippen LogP contribution in [0.15, 0.2) is 24.3 Å². The number of carbonyl (C=O) groups excluding carboxylic acids is 1. The molecule has 18 heavy (non-hydrogen) atoms. The number of unbranched alkanes of at least 4 members (excludes halogenated alkanes) is 3. The van der Waals surface area contributed by atoms with Crippen molar-refractivity contribution in [2.24, 2.45) is 11.5 Å². The fourth-order valence-electron chi connectivity index (χ4n) is 2.12. The summed E-state index contributed by atoms with van der Waals surface area (Å²) in [6.45, 7) is 2.78. The van der Waals surface area contributed by atoms with E-state index in [1.54, 1.807) is 0 Å². The van der Waals surface area contributed by atoms with Crippen molar-refractivity contribution in [1.29, 1.82) is 0 Å². The summed E-state index contributed by atoms with van der Waals surface area (Å²) in [7, 11) is 0. The number of amides is 1. The molecule has 100 valence electrons. The Morgan fingerprint density at radius 2 is 1.72 bits per heavy atom. The molecule has 0 fully saturated rings. The summed E-state index contributed by atoms with van der Waals surface area (Å²) < 4.78 is 0. The number of benzene rings is 1. The lowest BCUT2D eigenvalue weighted by Gasteiger charge is -2.13. The van der Waals surface area contributed by atoms with Crippen LogP contribution in [0.4, 0.5) is 0 Å². The maximum absolute atomic E-state index is 11.5. The third-order valence-corrected chi connectivity index (χ3v) is 3.27. The van der Waals surface area contributed by atoms with E-state index in [1.165, 1.54) is 5.56 Å². The topological polar surface area (TPSA) is 69.1 Å². The van der Waals surface area contributed by atoms with Crippen molar-refractivity contribution in [1.82, 2.24) is 0 Å². The lowest BCUT2D eigenvalue weighted by molar-refractivity contribution is -0.119. The highest BCUT2D eigenvalue weighted by atomic mass is 16.1. The molecule has 1 rings (SSSR count). The number of aryl methyl sites for hydroxylation is 1. The molecule has 0 spiro atoms. The van der Waals surface area contributed by atoms with Gasteiger partial charge in [-0.2, -0.15) is 0 Å². The highest BCUT2D eigenvalue weighted by Crippen LogP contribution is 2.22. The summed E-state index contributed by atoms with van der Waals surface area (Å²) in [5, 5.41) is 0. The SMILES string of the molecule is Cc1ccc(C(CCCCCCN)C(N)=O)cc1. The van der Waals surface area contributed by atoms with E-state index in [1.807, 2.05) is 31.2 Å². The Hall–Kier alpha value is -1.35. The van der Waals surface area contributed by atoms with Crippen LogP contribution in [0.3, 0.4) is 0 Å². The summed E-state index contributed by atoms with van der Waals surface area (Å²) in [4.78, 5) is 11.5. The minimum atomic E-state index is -0.224. The van der Waals surface area contributed by atoms with Gasteiger partial charge in [0.05, 0.1) is 5.92 Å². The van der Waals surface area contributed by atoms with Crippen molar-refractivity contribution >= 4 is 5.91 Å². The van der Waals surface area contributed by atoms with Gasteiger partial charge < -0.3 is 11.5 Å². The first-order valence-electron chi connectivity index (χ1n) is 6.71. The first-order valence-corrected chi connectivity index (χ1v) is 6.71. The normalized spacial score (nSPS) is 12.3. The molecule has 0 bridgehead atoms. The predicted molar refractivity (Wildman–Crippen MR) is 75.3 cm³/mol. The summed E-state index contributed by atoms with van der Waals surface area (Å²) in [6.07, 6.45) is 5.18. The Morgan fingerprint density at radius 1 is 1.11 bits per heavy atom. The Morgan fingerprint density at radius 3 is 2.28 bits per heavy atom. The second kappa shape index (κ2) is 7.88. The molecule has 3 heteroatoms. The van der Waals surface area contributed by atoms with E-state index >= 15 is 0 Å². The summed E-state index contributed by atoms with van der Waals surface area (Å²) in [5.41, 5.74) is 13.2. The summed E-state index contributed by atoms with van der Waals surface area (Å²) in [6, 6.07) is 8.06. The lowest BCUT2D eigenvalue weighted by atomic mass is 9.92. The molecule has 1 aromatic carbocycles. The molecular formula is C15H24N2O. The zero-order valence-electron chi connectivity index (χ0n) is 11.2. The molecule has 1 unspecified atom stereocenters. The standard InChI is InChI=1S/C15H24N2O/c1-12-7-9-13(10-8-12)14(15(17)18)6-4-2-3-5-11-16/h7-10,14H,2-6,11,16H2,1H3,(H2,17,18). The monoisotopic (exact) mass is 248 g/mol. The highest BCUT2D eigenvalue weighted by Gasteiger charge is 2.16. The fraction of sp³-hybridized carbons (Fsp3) is 0.533. The van der Waals surface area contributed by atoms with Crippen LogP contribution in [0.2, 0.25) is 0 Å². The molecule has 0 aliphatic rings. The number of hydrogen-bond donors (Lipinski definition) is 2. The van der Waals surface area contributed by atoms with E-state index in [9.17, 15) is 4.79 Å². The first-order chi connectivity index (χ1) is 8.65. The van der Waals surface area contributed by atoms with Crippen LogP contribution in [0.1, 0.15) is 49.1 Å². The molecule has 1 aromatic rings. The van der Waals surface area contributed by atoms with Crippen molar-refractivity contribution in [3.63, 3.8) is 0 Å². The molecule has 0 radical (unpaired) electrons. The Balaban J connectivity index is 2.50. The second-order valence-corrected chi connectivity index (χ2v) is 4.86. The molecular weight excluding hydrogens is 224 g/mol. The molecule has 0 saturated heterocycles. The zero-order valence-corrected chi connectivity index (χ0v) is 11.2. The van der Waals surface area contributed by atoms with Gasteiger partial charge in [-0.1, -0.05) is 49.1 Å². The number of carbonyl (C=O) groups is 1. The van der Waals surface area contributed by atoms with Crippen LogP contribution in [-0.4, -0.2) is 12.5 Å². The van der Waals surface area contributed by atoms with Gasteiger partial charge in [-0.25, -0.2) is 0 Å². The van der Waals surface area contributed by atoms with Crippen LogP contribution in [0, 0.1) is 6.92 Å². The molecule has 1 atom stereocenters. The third kappa shape index (κ3) is 4.88. The third-order valence-electron chi connectivity index (χ3n) is 3.27. The van der Waals surface area contributed by atoms with E-state index < -0.39 is 0 Å². The molecule has 3 nitrogen and oxygen atoms in total. The molecule has 1 amide bonds. The summed E-state index contributed by atoms with van der Waals surface area (Å²) >= 11 is 0. The maximum atomic E-state index is 11.5. The Labute approximate surface area is 110 Å². The van der Waals surface area contributed by atoms with Crippen molar-refractivity contribution in [2.45, 2.75) is 44.9 Å². The predicted octanol–water partition coefficient (Wildman–Crippen LogP) is 2.47. The van der Waals surface area contributed by atoms with E-state index in [0.717, 1.165) is 44.2 Å². The minimum Gasteiger partial charge on any atom is -0.369 e. The quantitative estimate of drug-likeness (QED) is 0.694.